The Morgan fingerprint density at radius 1 is 1.25 bits per heavy atom. The van der Waals surface area contributed by atoms with Crippen LogP contribution < -0.4 is 4.72 Å². The molecule has 0 atom stereocenters. The number of nitrogens with one attached hydrogen (secondary N) is 1. The van der Waals surface area contributed by atoms with Crippen LogP contribution in [0.3, 0.4) is 0 Å². The quantitative estimate of drug-likeness (QED) is 0.752. The second-order valence-corrected chi connectivity index (χ2v) is 7.04. The van der Waals surface area contributed by atoms with Crippen molar-refractivity contribution in [1.82, 2.24) is 4.72 Å². The zero-order chi connectivity index (χ0) is 15.4. The van der Waals surface area contributed by atoms with Crippen LogP contribution in [0.2, 0.25) is 0 Å². The maximum atomic E-state index is 12.0. The Hall–Kier alpha value is -0.830. The molecule has 1 aliphatic carbocycles. The molecule has 118 valence electrons. The topological polar surface area (TPSA) is 83.5 Å². The average molecular weight is 317 g/mol. The van der Waals surface area contributed by atoms with Crippen molar-refractivity contribution in [3.05, 3.63) is 0 Å². The molecule has 20 heavy (non-hydrogen) atoms. The Labute approximate surface area is 115 Å². The summed E-state index contributed by atoms with van der Waals surface area (Å²) in [5.41, 5.74) is -1.04. The number of carboxylic acids is 1. The molecule has 1 fully saturated rings. The number of hydrogen-bond donors (Lipinski definition) is 2. The van der Waals surface area contributed by atoms with Gasteiger partial charge in [0, 0.05) is 12.0 Å². The molecule has 0 unspecified atom stereocenters. The molecule has 1 rings (SSSR count). The van der Waals surface area contributed by atoms with Gasteiger partial charge >= 0.3 is 12.1 Å². The first kappa shape index (κ1) is 17.2. The minimum atomic E-state index is -4.39. The molecule has 0 heterocycles. The van der Waals surface area contributed by atoms with Crippen LogP contribution in [-0.2, 0) is 14.8 Å². The maximum absolute atomic E-state index is 12.0. The van der Waals surface area contributed by atoms with Crippen molar-refractivity contribution in [2.24, 2.45) is 0 Å². The Morgan fingerprint density at radius 3 is 2.25 bits per heavy atom. The number of sulfonamides is 1. The van der Waals surface area contributed by atoms with Crippen molar-refractivity contribution in [2.75, 3.05) is 5.75 Å². The molecule has 0 aromatic heterocycles. The largest absolute Gasteiger partial charge is 0.481 e. The van der Waals surface area contributed by atoms with Gasteiger partial charge in [-0.3, -0.25) is 4.79 Å². The third-order valence-electron chi connectivity index (χ3n) is 3.30. The smallest absolute Gasteiger partial charge is 0.389 e. The second kappa shape index (κ2) is 6.30. The van der Waals surface area contributed by atoms with E-state index in [1.165, 1.54) is 0 Å². The Kier molecular flexibility index (Phi) is 5.42. The van der Waals surface area contributed by atoms with Gasteiger partial charge in [0.05, 0.1) is 12.2 Å². The van der Waals surface area contributed by atoms with Crippen LogP contribution >= 0.6 is 0 Å². The summed E-state index contributed by atoms with van der Waals surface area (Å²) in [6.45, 7) is 0. The van der Waals surface area contributed by atoms with Crippen molar-refractivity contribution in [3.8, 4) is 0 Å². The van der Waals surface area contributed by atoms with Crippen molar-refractivity contribution in [2.45, 2.75) is 56.7 Å². The minimum absolute atomic E-state index is 0.342. The van der Waals surface area contributed by atoms with Crippen LogP contribution in [0.4, 0.5) is 13.2 Å². The SMILES string of the molecule is O=C(O)CC1(NS(=O)(=O)CCCC(F)(F)F)CCCC1. The molecule has 1 aliphatic rings. The predicted octanol–water partition coefficient (Wildman–Crippen LogP) is 2.04. The summed E-state index contributed by atoms with van der Waals surface area (Å²) in [5.74, 6) is -1.77. The van der Waals surface area contributed by atoms with E-state index in [4.69, 9.17) is 5.11 Å². The zero-order valence-corrected chi connectivity index (χ0v) is 11.7. The number of carboxylic acid groups (broad SMARTS) is 1. The Balaban J connectivity index is 2.61. The van der Waals surface area contributed by atoms with Crippen molar-refractivity contribution in [3.63, 3.8) is 0 Å². The van der Waals surface area contributed by atoms with Gasteiger partial charge in [-0.05, 0) is 19.3 Å². The summed E-state index contributed by atoms with van der Waals surface area (Å²) in [4.78, 5) is 10.8. The van der Waals surface area contributed by atoms with E-state index in [-0.39, 0.29) is 6.42 Å². The molecule has 0 saturated heterocycles. The molecule has 1 saturated carbocycles. The molecule has 0 aliphatic heterocycles. The van der Waals surface area contributed by atoms with E-state index < -0.39 is 46.3 Å². The lowest BCUT2D eigenvalue weighted by Crippen LogP contribution is -2.48. The Bertz CT molecular complexity index is 441. The van der Waals surface area contributed by atoms with Crippen LogP contribution in [0.15, 0.2) is 0 Å². The standard InChI is InChI=1S/C11H18F3NO4S/c12-11(13,14)6-3-7-20(18,19)15-10(8-9(16)17)4-1-2-5-10/h15H,1-8H2,(H,16,17). The van der Waals surface area contributed by atoms with Crippen molar-refractivity contribution >= 4 is 16.0 Å². The van der Waals surface area contributed by atoms with E-state index in [2.05, 4.69) is 4.72 Å². The fourth-order valence-electron chi connectivity index (χ4n) is 2.50. The van der Waals surface area contributed by atoms with E-state index in [0.29, 0.717) is 25.7 Å². The van der Waals surface area contributed by atoms with Gasteiger partial charge in [0.15, 0.2) is 0 Å². The summed E-state index contributed by atoms with van der Waals surface area (Å²) >= 11 is 0. The highest BCUT2D eigenvalue weighted by Gasteiger charge is 2.39. The number of hydrogen-bond acceptors (Lipinski definition) is 3. The molecular weight excluding hydrogens is 299 g/mol. The summed E-state index contributed by atoms with van der Waals surface area (Å²) in [7, 11) is -3.90. The normalized spacial score (nSPS) is 19.1. The molecule has 0 spiro atoms. The number of aliphatic carboxylic acids is 1. The van der Waals surface area contributed by atoms with Crippen LogP contribution in [0.25, 0.3) is 0 Å². The van der Waals surface area contributed by atoms with Crippen LogP contribution in [-0.4, -0.2) is 37.0 Å². The molecule has 0 amide bonds. The highest BCUT2D eigenvalue weighted by atomic mass is 32.2. The van der Waals surface area contributed by atoms with Gasteiger partial charge in [-0.15, -0.1) is 0 Å². The molecule has 9 heteroatoms. The first-order chi connectivity index (χ1) is 9.04. The second-order valence-electron chi connectivity index (χ2n) is 5.20. The van der Waals surface area contributed by atoms with E-state index in [0.717, 1.165) is 0 Å². The highest BCUT2D eigenvalue weighted by Crippen LogP contribution is 2.33. The lowest BCUT2D eigenvalue weighted by Gasteiger charge is -2.28. The lowest BCUT2D eigenvalue weighted by molar-refractivity contribution is -0.138. The first-order valence-electron chi connectivity index (χ1n) is 6.34. The van der Waals surface area contributed by atoms with Gasteiger partial charge in [0.25, 0.3) is 0 Å². The van der Waals surface area contributed by atoms with E-state index >= 15 is 0 Å². The van der Waals surface area contributed by atoms with E-state index in [1.807, 2.05) is 0 Å². The highest BCUT2D eigenvalue weighted by molar-refractivity contribution is 7.89. The first-order valence-corrected chi connectivity index (χ1v) is 7.99. The number of halogens is 3. The fourth-order valence-corrected chi connectivity index (χ4v) is 4.06. The maximum Gasteiger partial charge on any atom is 0.389 e. The fraction of sp³-hybridized carbons (Fsp3) is 0.909. The van der Waals surface area contributed by atoms with E-state index in [1.54, 1.807) is 0 Å². The minimum Gasteiger partial charge on any atom is -0.481 e. The van der Waals surface area contributed by atoms with Gasteiger partial charge < -0.3 is 5.11 Å². The number of rotatable bonds is 7. The molecule has 0 bridgehead atoms. The third kappa shape index (κ3) is 6.08. The van der Waals surface area contributed by atoms with Crippen molar-refractivity contribution in [1.29, 1.82) is 0 Å². The van der Waals surface area contributed by atoms with Gasteiger partial charge in [-0.2, -0.15) is 13.2 Å². The monoisotopic (exact) mass is 317 g/mol. The van der Waals surface area contributed by atoms with Gasteiger partial charge in [-0.1, -0.05) is 12.8 Å². The summed E-state index contributed by atoms with van der Waals surface area (Å²) < 4.78 is 61.9. The molecule has 0 aromatic carbocycles. The van der Waals surface area contributed by atoms with Gasteiger partial charge in [0.1, 0.15) is 0 Å². The molecule has 2 N–H and O–H groups in total. The predicted molar refractivity (Wildman–Crippen MR) is 65.7 cm³/mol. The van der Waals surface area contributed by atoms with Crippen LogP contribution in [0, 0.1) is 0 Å². The summed E-state index contributed by atoms with van der Waals surface area (Å²) in [6, 6.07) is 0. The zero-order valence-electron chi connectivity index (χ0n) is 10.9. The Morgan fingerprint density at radius 2 is 1.80 bits per heavy atom. The van der Waals surface area contributed by atoms with Crippen LogP contribution in [0.5, 0.6) is 0 Å². The lowest BCUT2D eigenvalue weighted by atomic mass is 9.95. The molecule has 0 aromatic rings. The molecular formula is C11H18F3NO4S. The molecule has 0 radical (unpaired) electrons. The number of carbonyl (C=O) groups is 1. The van der Waals surface area contributed by atoms with E-state index in [9.17, 15) is 26.4 Å². The van der Waals surface area contributed by atoms with Crippen molar-refractivity contribution < 1.29 is 31.5 Å². The third-order valence-corrected chi connectivity index (χ3v) is 4.87. The van der Waals surface area contributed by atoms with Crippen LogP contribution in [0.1, 0.15) is 44.9 Å². The molecule has 5 nitrogen and oxygen atoms in total. The van der Waals surface area contributed by atoms with Gasteiger partial charge in [0.2, 0.25) is 10.0 Å². The summed E-state index contributed by atoms with van der Waals surface area (Å²) in [5, 5.41) is 8.84. The number of alkyl halides is 3. The summed E-state index contributed by atoms with van der Waals surface area (Å²) in [6.07, 6.45) is -4.21. The van der Waals surface area contributed by atoms with Gasteiger partial charge in [-0.25, -0.2) is 13.1 Å². The average Bonchev–Trinajstić information content (AvgIpc) is 2.60.